The van der Waals surface area contributed by atoms with Crippen LogP contribution in [0.5, 0.6) is 0 Å². The highest BCUT2D eigenvalue weighted by atomic mass is 28.3. The summed E-state index contributed by atoms with van der Waals surface area (Å²) < 4.78 is 0. The SMILES string of the molecule is CCCC(=Cc1ccc(-c2ccc(C=C(CCC)C(=C[Si](C)(C)C#Cc3ccccc3)c3ccccc3)cc2)cc1)C(=C[Si](C)(C)C#Cc1ccccc1)c1ccccc1. The van der Waals surface area contributed by atoms with Gasteiger partial charge in [-0.2, -0.15) is 0 Å². The topological polar surface area (TPSA) is 0 Å². The summed E-state index contributed by atoms with van der Waals surface area (Å²) in [5, 5.41) is 0. The second-order valence-corrected chi connectivity index (χ2v) is 24.6. The van der Waals surface area contributed by atoms with Gasteiger partial charge in [0.2, 0.25) is 0 Å². The summed E-state index contributed by atoms with van der Waals surface area (Å²) in [6.45, 7) is 13.9. The van der Waals surface area contributed by atoms with Crippen LogP contribution in [0.1, 0.15) is 72.9 Å². The Hall–Kier alpha value is -6.17. The van der Waals surface area contributed by atoms with Crippen LogP contribution in [0.4, 0.5) is 0 Å². The van der Waals surface area contributed by atoms with Crippen molar-refractivity contribution in [3.05, 3.63) is 226 Å². The molecule has 6 aromatic rings. The number of allylic oxidation sites excluding steroid dienone is 4. The van der Waals surface area contributed by atoms with Crippen molar-refractivity contribution in [2.75, 3.05) is 0 Å². The lowest BCUT2D eigenvalue weighted by atomic mass is 9.93. The van der Waals surface area contributed by atoms with Crippen LogP contribution < -0.4 is 0 Å². The van der Waals surface area contributed by atoms with Crippen molar-refractivity contribution in [3.63, 3.8) is 0 Å². The molecule has 0 saturated heterocycles. The lowest BCUT2D eigenvalue weighted by Crippen LogP contribution is -2.21. The Morgan fingerprint density at radius 1 is 0.417 bits per heavy atom. The molecule has 0 aliphatic carbocycles. The molecule has 0 aromatic heterocycles. The molecule has 0 atom stereocenters. The summed E-state index contributed by atoms with van der Waals surface area (Å²) in [6, 6.07) is 60.5. The van der Waals surface area contributed by atoms with E-state index in [2.05, 4.69) is 244 Å². The minimum absolute atomic E-state index is 0.996. The van der Waals surface area contributed by atoms with E-state index in [1.54, 1.807) is 0 Å². The van der Waals surface area contributed by atoms with E-state index in [1.165, 1.54) is 55.7 Å². The summed E-state index contributed by atoms with van der Waals surface area (Å²) in [6.07, 6.45) is 8.90. The van der Waals surface area contributed by atoms with Gasteiger partial charge in [-0.3, -0.25) is 0 Å². The van der Waals surface area contributed by atoms with Crippen molar-refractivity contribution in [1.82, 2.24) is 0 Å². The second kappa shape index (κ2) is 21.2. The Bertz CT molecular complexity index is 2360. The maximum Gasteiger partial charge on any atom is 0.156 e. The molecule has 0 amide bonds. The molecule has 0 aliphatic heterocycles. The zero-order valence-electron chi connectivity index (χ0n) is 36.3. The first kappa shape index (κ1) is 43.4. The summed E-state index contributed by atoms with van der Waals surface area (Å²) in [7, 11) is -4.08. The van der Waals surface area contributed by atoms with Crippen molar-refractivity contribution >= 4 is 39.4 Å². The molecule has 60 heavy (non-hydrogen) atoms. The molecule has 298 valence electrons. The predicted molar refractivity (Wildman–Crippen MR) is 268 cm³/mol. The Morgan fingerprint density at radius 2 is 0.733 bits per heavy atom. The fourth-order valence-corrected chi connectivity index (χ4v) is 10.5. The predicted octanol–water partition coefficient (Wildman–Crippen LogP) is 15.6. The normalized spacial score (nSPS) is 12.6. The van der Waals surface area contributed by atoms with E-state index in [0.29, 0.717) is 0 Å². The van der Waals surface area contributed by atoms with Crippen molar-refractivity contribution in [3.8, 4) is 34.1 Å². The first-order valence-electron chi connectivity index (χ1n) is 21.5. The van der Waals surface area contributed by atoms with E-state index in [1.807, 2.05) is 12.1 Å². The summed E-state index contributed by atoms with van der Waals surface area (Å²) in [4.78, 5) is 0. The minimum Gasteiger partial charge on any atom is -0.121 e. The zero-order chi connectivity index (χ0) is 42.2. The molecule has 0 heterocycles. The molecule has 0 bridgehead atoms. The third-order valence-corrected chi connectivity index (χ3v) is 13.9. The molecule has 2 heteroatoms. The van der Waals surface area contributed by atoms with Crippen LogP contribution in [0.3, 0.4) is 0 Å². The second-order valence-electron chi connectivity index (χ2n) is 16.6. The minimum atomic E-state index is -2.04. The van der Waals surface area contributed by atoms with Crippen LogP contribution in [-0.4, -0.2) is 16.1 Å². The van der Waals surface area contributed by atoms with Crippen molar-refractivity contribution in [1.29, 1.82) is 0 Å². The standard InChI is InChI=1S/C58H58Si2/c1-7-21-55(57(53-27-17-11-18-28-53)45-59(3,4)41-39-47-23-13-9-14-24-47)43-49-31-35-51(36-32-49)52-37-33-50(34-38-52)44-56(22-8-2)58(54-29-19-12-20-30-54)46-60(5,6)42-40-48-25-15-10-16-26-48/h9-20,23-38,43-46H,7-8,21-22H2,1-6H3. The Kier molecular flexibility index (Phi) is 15.3. The molecular formula is C58H58Si2. The summed E-state index contributed by atoms with van der Waals surface area (Å²) >= 11 is 0. The van der Waals surface area contributed by atoms with Gasteiger partial charge in [0.15, 0.2) is 16.1 Å². The zero-order valence-corrected chi connectivity index (χ0v) is 38.3. The molecule has 0 unspecified atom stereocenters. The average Bonchev–Trinajstić information content (AvgIpc) is 3.28. The van der Waals surface area contributed by atoms with Gasteiger partial charge < -0.3 is 0 Å². The summed E-state index contributed by atoms with van der Waals surface area (Å²) in [5.41, 5.74) is 27.2. The molecule has 0 nitrogen and oxygen atoms in total. The third kappa shape index (κ3) is 12.9. The molecule has 0 radical (unpaired) electrons. The van der Waals surface area contributed by atoms with Gasteiger partial charge in [0.25, 0.3) is 0 Å². The van der Waals surface area contributed by atoms with E-state index >= 15 is 0 Å². The van der Waals surface area contributed by atoms with Gasteiger partial charge in [-0.05, 0) is 92.8 Å². The first-order chi connectivity index (χ1) is 29.1. The highest BCUT2D eigenvalue weighted by molar-refractivity contribution is 6.90. The van der Waals surface area contributed by atoms with Gasteiger partial charge >= 0.3 is 0 Å². The van der Waals surface area contributed by atoms with Crippen LogP contribution in [0.15, 0.2) is 192 Å². The van der Waals surface area contributed by atoms with Crippen molar-refractivity contribution in [2.45, 2.75) is 65.7 Å². The van der Waals surface area contributed by atoms with Gasteiger partial charge in [-0.1, -0.05) is 234 Å². The number of hydrogen-bond donors (Lipinski definition) is 0. The molecule has 0 aliphatic rings. The van der Waals surface area contributed by atoms with Gasteiger partial charge in [0, 0.05) is 11.1 Å². The van der Waals surface area contributed by atoms with Gasteiger partial charge in [-0.25, -0.2) is 0 Å². The molecule has 0 fully saturated rings. The monoisotopic (exact) mass is 810 g/mol. The largest absolute Gasteiger partial charge is 0.156 e. The molecule has 0 saturated carbocycles. The highest BCUT2D eigenvalue weighted by Gasteiger charge is 2.20. The van der Waals surface area contributed by atoms with Gasteiger partial charge in [0.05, 0.1) is 0 Å². The number of benzene rings is 6. The van der Waals surface area contributed by atoms with E-state index < -0.39 is 16.1 Å². The van der Waals surface area contributed by atoms with Crippen molar-refractivity contribution < 1.29 is 0 Å². The van der Waals surface area contributed by atoms with E-state index in [-0.39, 0.29) is 0 Å². The number of rotatable bonds is 13. The number of hydrogen-bond acceptors (Lipinski definition) is 0. The summed E-state index contributed by atoms with van der Waals surface area (Å²) in [5.74, 6) is 6.94. The molecule has 0 spiro atoms. The molecular weight excluding hydrogens is 753 g/mol. The lowest BCUT2D eigenvalue weighted by Gasteiger charge is -2.18. The van der Waals surface area contributed by atoms with Crippen LogP contribution >= 0.6 is 0 Å². The average molecular weight is 811 g/mol. The van der Waals surface area contributed by atoms with Crippen LogP contribution in [0.25, 0.3) is 34.4 Å². The van der Waals surface area contributed by atoms with E-state index in [4.69, 9.17) is 0 Å². The fraction of sp³-hybridized carbons (Fsp3) is 0.172. The van der Waals surface area contributed by atoms with E-state index in [0.717, 1.165) is 36.8 Å². The van der Waals surface area contributed by atoms with E-state index in [9.17, 15) is 0 Å². The molecule has 6 rings (SSSR count). The van der Waals surface area contributed by atoms with Crippen LogP contribution in [0.2, 0.25) is 26.2 Å². The quantitative estimate of drug-likeness (QED) is 0.0619. The highest BCUT2D eigenvalue weighted by Crippen LogP contribution is 2.33. The molecule has 0 N–H and O–H groups in total. The first-order valence-corrected chi connectivity index (χ1v) is 27.6. The Morgan fingerprint density at radius 3 is 1.05 bits per heavy atom. The smallest absolute Gasteiger partial charge is 0.121 e. The van der Waals surface area contributed by atoms with Crippen molar-refractivity contribution in [2.24, 2.45) is 0 Å². The maximum absolute atomic E-state index is 3.69. The molecule has 6 aromatic carbocycles. The van der Waals surface area contributed by atoms with Gasteiger partial charge in [-0.15, -0.1) is 11.1 Å². The van der Waals surface area contributed by atoms with Gasteiger partial charge in [0.1, 0.15) is 0 Å². The maximum atomic E-state index is 3.69. The fourth-order valence-electron chi connectivity index (χ4n) is 7.32. The Labute approximate surface area is 363 Å². The Balaban J connectivity index is 1.28. The third-order valence-electron chi connectivity index (χ3n) is 10.4. The van der Waals surface area contributed by atoms with Crippen LogP contribution in [-0.2, 0) is 0 Å². The van der Waals surface area contributed by atoms with Crippen LogP contribution in [0, 0.1) is 22.9 Å². The lowest BCUT2D eigenvalue weighted by molar-refractivity contribution is 0.935.